The van der Waals surface area contributed by atoms with Gasteiger partial charge in [0.05, 0.1) is 30.3 Å². The number of aliphatic hydroxyl groups excluding tert-OH is 1. The second kappa shape index (κ2) is 6.17. The zero-order valence-electron chi connectivity index (χ0n) is 11.2. The van der Waals surface area contributed by atoms with Gasteiger partial charge in [-0.2, -0.15) is 0 Å². The molecule has 0 amide bonds. The highest BCUT2D eigenvalue weighted by Crippen LogP contribution is 2.41. The van der Waals surface area contributed by atoms with E-state index in [2.05, 4.69) is 0 Å². The second-order valence-corrected chi connectivity index (χ2v) is 4.31. The number of nitrogens with zero attached hydrogens (tertiary/aromatic N) is 1. The van der Waals surface area contributed by atoms with E-state index in [1.807, 2.05) is 6.92 Å². The Morgan fingerprint density at radius 2 is 2.15 bits per heavy atom. The molecule has 1 fully saturated rings. The Bertz CT molecular complexity index is 484. The molecule has 1 aromatic rings. The fourth-order valence-electron chi connectivity index (χ4n) is 2.24. The third-order valence-corrected chi connectivity index (χ3v) is 3.15. The van der Waals surface area contributed by atoms with E-state index in [-0.39, 0.29) is 18.9 Å². The van der Waals surface area contributed by atoms with Crippen molar-refractivity contribution in [3.63, 3.8) is 0 Å². The molecule has 110 valence electrons. The van der Waals surface area contributed by atoms with Crippen LogP contribution in [0.5, 0.6) is 5.75 Å². The Balaban J connectivity index is 2.43. The van der Waals surface area contributed by atoms with Crippen molar-refractivity contribution in [1.29, 1.82) is 0 Å². The normalized spacial score (nSPS) is 17.1. The summed E-state index contributed by atoms with van der Waals surface area (Å²) in [4.78, 5) is 10.7. The van der Waals surface area contributed by atoms with Crippen LogP contribution in [0, 0.1) is 10.1 Å². The zero-order valence-corrected chi connectivity index (χ0v) is 11.2. The Morgan fingerprint density at radius 3 is 2.70 bits per heavy atom. The molecule has 1 aromatic carbocycles. The van der Waals surface area contributed by atoms with Crippen LogP contribution in [0.1, 0.15) is 18.9 Å². The minimum absolute atomic E-state index is 0.0647. The SMILES string of the molecule is CCC1(c2cc(OCCO)ccc2[N+](=O)[O-])OCCO1. The largest absolute Gasteiger partial charge is 0.491 e. The molecule has 0 saturated carbocycles. The molecule has 0 spiro atoms. The van der Waals surface area contributed by atoms with Crippen LogP contribution in [0.4, 0.5) is 5.69 Å². The van der Waals surface area contributed by atoms with Gasteiger partial charge in [0.2, 0.25) is 5.79 Å². The lowest BCUT2D eigenvalue weighted by atomic mass is 10.0. The van der Waals surface area contributed by atoms with Crippen molar-refractivity contribution in [3.8, 4) is 5.75 Å². The predicted octanol–water partition coefficient (Wildman–Crippen LogP) is 1.58. The van der Waals surface area contributed by atoms with Crippen molar-refractivity contribution < 1.29 is 24.2 Å². The molecule has 0 radical (unpaired) electrons. The van der Waals surface area contributed by atoms with E-state index in [1.54, 1.807) is 6.07 Å². The first-order chi connectivity index (χ1) is 9.63. The van der Waals surface area contributed by atoms with Crippen molar-refractivity contribution in [1.82, 2.24) is 0 Å². The first-order valence-electron chi connectivity index (χ1n) is 6.43. The van der Waals surface area contributed by atoms with Crippen LogP contribution in [0.2, 0.25) is 0 Å². The van der Waals surface area contributed by atoms with E-state index in [1.165, 1.54) is 12.1 Å². The molecular weight excluding hydrogens is 266 g/mol. The first kappa shape index (κ1) is 14.7. The third-order valence-electron chi connectivity index (χ3n) is 3.15. The molecule has 0 aliphatic carbocycles. The van der Waals surface area contributed by atoms with Gasteiger partial charge < -0.3 is 19.3 Å². The molecule has 0 unspecified atom stereocenters. The van der Waals surface area contributed by atoms with Gasteiger partial charge in [0.25, 0.3) is 5.69 Å². The van der Waals surface area contributed by atoms with Crippen molar-refractivity contribution in [2.24, 2.45) is 0 Å². The van der Waals surface area contributed by atoms with Crippen molar-refractivity contribution >= 4 is 5.69 Å². The van der Waals surface area contributed by atoms with Gasteiger partial charge in [0, 0.05) is 12.5 Å². The van der Waals surface area contributed by atoms with Crippen LogP contribution in [0.15, 0.2) is 18.2 Å². The minimum atomic E-state index is -1.10. The highest BCUT2D eigenvalue weighted by atomic mass is 16.7. The molecule has 0 aromatic heterocycles. The Labute approximate surface area is 116 Å². The first-order valence-corrected chi connectivity index (χ1v) is 6.43. The molecule has 0 bridgehead atoms. The monoisotopic (exact) mass is 283 g/mol. The fourth-order valence-corrected chi connectivity index (χ4v) is 2.24. The molecule has 0 atom stereocenters. The minimum Gasteiger partial charge on any atom is -0.491 e. The number of nitro benzene ring substituents is 1. The van der Waals surface area contributed by atoms with Gasteiger partial charge in [-0.1, -0.05) is 6.92 Å². The Kier molecular flexibility index (Phi) is 4.53. The fraction of sp³-hybridized carbons (Fsp3) is 0.538. The number of ether oxygens (including phenoxy) is 3. The number of hydrogen-bond acceptors (Lipinski definition) is 6. The summed E-state index contributed by atoms with van der Waals surface area (Å²) in [5.41, 5.74) is 0.281. The van der Waals surface area contributed by atoms with Crippen LogP contribution < -0.4 is 4.74 Å². The number of benzene rings is 1. The number of hydrogen-bond donors (Lipinski definition) is 1. The van der Waals surface area contributed by atoms with Crippen LogP contribution in [0.3, 0.4) is 0 Å². The van der Waals surface area contributed by atoms with Gasteiger partial charge >= 0.3 is 0 Å². The van der Waals surface area contributed by atoms with Crippen LogP contribution in [-0.2, 0) is 15.3 Å². The zero-order chi connectivity index (χ0) is 14.6. The Morgan fingerprint density at radius 1 is 1.45 bits per heavy atom. The Hall–Kier alpha value is -1.70. The van der Waals surface area contributed by atoms with Gasteiger partial charge in [0.1, 0.15) is 12.4 Å². The van der Waals surface area contributed by atoms with E-state index >= 15 is 0 Å². The van der Waals surface area contributed by atoms with Gasteiger partial charge in [0.15, 0.2) is 0 Å². The van der Waals surface area contributed by atoms with Crippen molar-refractivity contribution in [3.05, 3.63) is 33.9 Å². The maximum absolute atomic E-state index is 11.2. The summed E-state index contributed by atoms with van der Waals surface area (Å²) >= 11 is 0. The van der Waals surface area contributed by atoms with Gasteiger partial charge in [-0.15, -0.1) is 0 Å². The van der Waals surface area contributed by atoms with Crippen LogP contribution >= 0.6 is 0 Å². The highest BCUT2D eigenvalue weighted by molar-refractivity contribution is 5.48. The summed E-state index contributed by atoms with van der Waals surface area (Å²) in [5, 5.41) is 19.9. The topological polar surface area (TPSA) is 91.1 Å². The molecule has 1 aliphatic heterocycles. The number of rotatable bonds is 6. The summed E-state index contributed by atoms with van der Waals surface area (Å²) in [6.07, 6.45) is 0.456. The van der Waals surface area contributed by atoms with E-state index in [0.717, 1.165) is 0 Å². The van der Waals surface area contributed by atoms with E-state index in [9.17, 15) is 10.1 Å². The second-order valence-electron chi connectivity index (χ2n) is 4.31. The van der Waals surface area contributed by atoms with Crippen LogP contribution in [0.25, 0.3) is 0 Å². The lowest BCUT2D eigenvalue weighted by Gasteiger charge is -2.26. The molecule has 1 heterocycles. The standard InChI is InChI=1S/C13H17NO6/c1-2-13(19-7-8-20-13)11-9-10(18-6-5-15)3-4-12(11)14(16)17/h3-4,9,15H,2,5-8H2,1H3. The third kappa shape index (κ3) is 2.74. The molecule has 1 aliphatic rings. The molecular formula is C13H17NO6. The summed E-state index contributed by atoms with van der Waals surface area (Å²) in [6.45, 7) is 2.63. The summed E-state index contributed by atoms with van der Waals surface area (Å²) in [6, 6.07) is 4.41. The van der Waals surface area contributed by atoms with Crippen molar-refractivity contribution in [2.75, 3.05) is 26.4 Å². The molecule has 20 heavy (non-hydrogen) atoms. The molecule has 7 heteroatoms. The van der Waals surface area contributed by atoms with Gasteiger partial charge in [-0.3, -0.25) is 10.1 Å². The molecule has 7 nitrogen and oxygen atoms in total. The maximum Gasteiger partial charge on any atom is 0.278 e. The lowest BCUT2D eigenvalue weighted by Crippen LogP contribution is -2.27. The molecule has 1 saturated heterocycles. The van der Waals surface area contributed by atoms with Crippen LogP contribution in [-0.4, -0.2) is 36.5 Å². The molecule has 2 rings (SSSR count). The van der Waals surface area contributed by atoms with Crippen molar-refractivity contribution in [2.45, 2.75) is 19.1 Å². The summed E-state index contributed by atoms with van der Waals surface area (Å²) in [5.74, 6) is -0.660. The smallest absolute Gasteiger partial charge is 0.278 e. The predicted molar refractivity (Wildman–Crippen MR) is 69.6 cm³/mol. The maximum atomic E-state index is 11.2. The molecule has 1 N–H and O–H groups in total. The van der Waals surface area contributed by atoms with Gasteiger partial charge in [-0.05, 0) is 12.1 Å². The van der Waals surface area contributed by atoms with Gasteiger partial charge in [-0.25, -0.2) is 0 Å². The van der Waals surface area contributed by atoms with E-state index in [0.29, 0.717) is 30.9 Å². The number of aliphatic hydroxyl groups is 1. The summed E-state index contributed by atoms with van der Waals surface area (Å²) in [7, 11) is 0. The average Bonchev–Trinajstić information content (AvgIpc) is 2.94. The lowest BCUT2D eigenvalue weighted by molar-refractivity contribution is -0.388. The quantitative estimate of drug-likeness (QED) is 0.629. The highest BCUT2D eigenvalue weighted by Gasteiger charge is 2.42. The van der Waals surface area contributed by atoms with E-state index in [4.69, 9.17) is 19.3 Å². The summed E-state index contributed by atoms with van der Waals surface area (Å²) < 4.78 is 16.5. The average molecular weight is 283 g/mol. The number of nitro groups is 1. The van der Waals surface area contributed by atoms with E-state index < -0.39 is 10.7 Å².